The third-order valence-electron chi connectivity index (χ3n) is 1.78. The first-order valence-corrected chi connectivity index (χ1v) is 4.11. The molecule has 64 valence electrons. The Labute approximate surface area is 73.1 Å². The summed E-state index contributed by atoms with van der Waals surface area (Å²) in [7, 11) is 2.48. The highest BCUT2D eigenvalue weighted by molar-refractivity contribution is 7.27. The number of nitro benzene ring substituents is 1. The quantitative estimate of drug-likeness (QED) is 0.378. The lowest BCUT2D eigenvalue weighted by atomic mass is 10.1. The van der Waals surface area contributed by atoms with E-state index in [0.29, 0.717) is 5.56 Å². The molecule has 0 aromatic heterocycles. The van der Waals surface area contributed by atoms with Gasteiger partial charge in [-0.25, -0.2) is 0 Å². The molecule has 0 aliphatic carbocycles. The topological polar surface area (TPSA) is 43.1 Å². The zero-order valence-electron chi connectivity index (χ0n) is 7.00. The van der Waals surface area contributed by atoms with Crippen LogP contribution in [0.5, 0.6) is 0 Å². The van der Waals surface area contributed by atoms with Crippen molar-refractivity contribution in [2.24, 2.45) is 0 Å². The fourth-order valence-electron chi connectivity index (χ4n) is 1.05. The van der Waals surface area contributed by atoms with Crippen LogP contribution in [-0.2, 0) is 0 Å². The van der Waals surface area contributed by atoms with Crippen LogP contribution in [0, 0.1) is 24.0 Å². The second-order valence-corrected chi connectivity index (χ2v) is 3.37. The first-order valence-electron chi connectivity index (χ1n) is 3.53. The maximum Gasteiger partial charge on any atom is 0.272 e. The van der Waals surface area contributed by atoms with Crippen LogP contribution < -0.4 is 5.30 Å². The van der Waals surface area contributed by atoms with Crippen LogP contribution in [0.15, 0.2) is 12.1 Å². The number of hydrogen-bond acceptors (Lipinski definition) is 2. The van der Waals surface area contributed by atoms with Gasteiger partial charge in [-0.2, -0.15) is 0 Å². The maximum atomic E-state index is 10.5. The Morgan fingerprint density at radius 2 is 1.92 bits per heavy atom. The average Bonchev–Trinajstić information content (AvgIpc) is 1.96. The number of hydrogen-bond donors (Lipinski definition) is 0. The predicted octanol–water partition coefficient (Wildman–Crippen LogP) is 1.71. The summed E-state index contributed by atoms with van der Waals surface area (Å²) in [6.07, 6.45) is 0. The lowest BCUT2D eigenvalue weighted by Crippen LogP contribution is -2.01. The summed E-state index contributed by atoms with van der Waals surface area (Å²) in [5.41, 5.74) is 1.96. The molecule has 0 N–H and O–H groups in total. The molecule has 0 fully saturated rings. The normalized spacial score (nSPS) is 9.92. The van der Waals surface area contributed by atoms with Gasteiger partial charge in [-0.15, -0.1) is 9.24 Å². The molecule has 12 heavy (non-hydrogen) atoms. The van der Waals surface area contributed by atoms with Crippen molar-refractivity contribution in [3.8, 4) is 0 Å². The molecule has 0 heterocycles. The summed E-state index contributed by atoms with van der Waals surface area (Å²) in [5, 5.41) is 11.4. The molecule has 0 saturated heterocycles. The van der Waals surface area contributed by atoms with Crippen molar-refractivity contribution in [3.63, 3.8) is 0 Å². The lowest BCUT2D eigenvalue weighted by Gasteiger charge is -2.01. The van der Waals surface area contributed by atoms with Gasteiger partial charge in [-0.3, -0.25) is 10.1 Å². The van der Waals surface area contributed by atoms with Crippen LogP contribution in [0.4, 0.5) is 5.69 Å². The van der Waals surface area contributed by atoms with Crippen LogP contribution in [0.1, 0.15) is 11.1 Å². The van der Waals surface area contributed by atoms with E-state index >= 15 is 0 Å². The number of nitro groups is 1. The Bertz CT molecular complexity index is 336. The summed E-state index contributed by atoms with van der Waals surface area (Å²) >= 11 is 0. The second-order valence-electron chi connectivity index (χ2n) is 2.75. The van der Waals surface area contributed by atoms with E-state index in [9.17, 15) is 10.1 Å². The van der Waals surface area contributed by atoms with E-state index in [0.717, 1.165) is 10.9 Å². The van der Waals surface area contributed by atoms with Crippen molar-refractivity contribution in [3.05, 3.63) is 33.4 Å². The van der Waals surface area contributed by atoms with Crippen molar-refractivity contribution < 1.29 is 4.92 Å². The molecule has 3 nitrogen and oxygen atoms in total. The van der Waals surface area contributed by atoms with Gasteiger partial charge in [0.15, 0.2) is 0 Å². The molecule has 0 aliphatic rings. The van der Waals surface area contributed by atoms with Gasteiger partial charge >= 0.3 is 0 Å². The molecule has 0 amide bonds. The van der Waals surface area contributed by atoms with Crippen molar-refractivity contribution in [1.29, 1.82) is 0 Å². The summed E-state index contributed by atoms with van der Waals surface area (Å²) in [6, 6.07) is 3.40. The molecular formula is C8H10NO2P. The largest absolute Gasteiger partial charge is 0.272 e. The van der Waals surface area contributed by atoms with E-state index in [2.05, 4.69) is 9.24 Å². The number of aryl methyl sites for hydroxylation is 2. The van der Waals surface area contributed by atoms with Crippen LogP contribution in [0.25, 0.3) is 0 Å². The Hall–Kier alpha value is -0.950. The first-order chi connectivity index (χ1) is 5.52. The summed E-state index contributed by atoms with van der Waals surface area (Å²) in [4.78, 5) is 10.1. The number of nitrogens with zero attached hydrogens (tertiary/aromatic N) is 1. The minimum atomic E-state index is -0.359. The van der Waals surface area contributed by atoms with Crippen LogP contribution in [0.2, 0.25) is 0 Å². The summed E-state index contributed by atoms with van der Waals surface area (Å²) < 4.78 is 0. The van der Waals surface area contributed by atoms with E-state index < -0.39 is 0 Å². The summed E-state index contributed by atoms with van der Waals surface area (Å²) in [5.74, 6) is 0. The maximum absolute atomic E-state index is 10.5. The van der Waals surface area contributed by atoms with Crippen LogP contribution >= 0.6 is 9.24 Å². The molecule has 0 saturated carbocycles. The SMILES string of the molecule is Cc1cc(C)c([N+](=O)[O-])cc1P. The monoisotopic (exact) mass is 183 g/mol. The Kier molecular flexibility index (Phi) is 2.43. The molecule has 1 rings (SSSR count). The van der Waals surface area contributed by atoms with Gasteiger partial charge in [0, 0.05) is 11.6 Å². The molecule has 0 spiro atoms. The van der Waals surface area contributed by atoms with Crippen molar-refractivity contribution >= 4 is 20.2 Å². The molecule has 0 aliphatic heterocycles. The molecule has 1 aromatic carbocycles. The standard InChI is InChI=1S/C8H10NO2P/c1-5-3-6(2)8(12)4-7(5)9(10)11/h3-4H,12H2,1-2H3. The van der Waals surface area contributed by atoms with Crippen molar-refractivity contribution in [2.75, 3.05) is 0 Å². The van der Waals surface area contributed by atoms with Gasteiger partial charge in [0.05, 0.1) is 4.92 Å². The fourth-order valence-corrected chi connectivity index (χ4v) is 1.29. The molecule has 0 bridgehead atoms. The molecular weight excluding hydrogens is 173 g/mol. The molecule has 1 unspecified atom stereocenters. The first kappa shape index (κ1) is 9.14. The minimum absolute atomic E-state index is 0.186. The molecule has 0 radical (unpaired) electrons. The van der Waals surface area contributed by atoms with Gasteiger partial charge in [0.25, 0.3) is 5.69 Å². The zero-order valence-corrected chi connectivity index (χ0v) is 8.15. The number of benzene rings is 1. The van der Waals surface area contributed by atoms with Crippen molar-refractivity contribution in [1.82, 2.24) is 0 Å². The van der Waals surface area contributed by atoms with Gasteiger partial charge in [-0.05, 0) is 30.8 Å². The van der Waals surface area contributed by atoms with Gasteiger partial charge in [-0.1, -0.05) is 0 Å². The smallest absolute Gasteiger partial charge is 0.258 e. The Morgan fingerprint density at radius 3 is 2.42 bits per heavy atom. The molecule has 4 heteroatoms. The Balaban J connectivity index is 3.33. The van der Waals surface area contributed by atoms with E-state index in [1.54, 1.807) is 13.0 Å². The highest BCUT2D eigenvalue weighted by Gasteiger charge is 2.10. The van der Waals surface area contributed by atoms with Gasteiger partial charge in [0.2, 0.25) is 0 Å². The predicted molar refractivity (Wildman–Crippen MR) is 51.9 cm³/mol. The van der Waals surface area contributed by atoms with E-state index in [-0.39, 0.29) is 10.6 Å². The van der Waals surface area contributed by atoms with Crippen LogP contribution in [-0.4, -0.2) is 4.92 Å². The highest BCUT2D eigenvalue weighted by atomic mass is 31.0. The highest BCUT2D eigenvalue weighted by Crippen LogP contribution is 2.18. The van der Waals surface area contributed by atoms with E-state index in [1.165, 1.54) is 0 Å². The molecule has 1 aromatic rings. The minimum Gasteiger partial charge on any atom is -0.258 e. The lowest BCUT2D eigenvalue weighted by molar-refractivity contribution is -0.385. The second kappa shape index (κ2) is 3.20. The Morgan fingerprint density at radius 1 is 1.33 bits per heavy atom. The average molecular weight is 183 g/mol. The van der Waals surface area contributed by atoms with E-state index in [1.807, 2.05) is 13.0 Å². The third kappa shape index (κ3) is 1.62. The van der Waals surface area contributed by atoms with E-state index in [4.69, 9.17) is 0 Å². The van der Waals surface area contributed by atoms with Crippen LogP contribution in [0.3, 0.4) is 0 Å². The molecule has 1 atom stereocenters. The zero-order chi connectivity index (χ0) is 9.30. The fraction of sp³-hybridized carbons (Fsp3) is 0.250. The van der Waals surface area contributed by atoms with Crippen molar-refractivity contribution in [2.45, 2.75) is 13.8 Å². The van der Waals surface area contributed by atoms with Gasteiger partial charge in [0.1, 0.15) is 0 Å². The number of rotatable bonds is 1. The van der Waals surface area contributed by atoms with Gasteiger partial charge < -0.3 is 0 Å². The summed E-state index contributed by atoms with van der Waals surface area (Å²) in [6.45, 7) is 3.67. The third-order valence-corrected chi connectivity index (χ3v) is 2.40.